The molecule has 1 saturated carbocycles. The molecule has 1 aliphatic carbocycles. The number of nitrogens with zero attached hydrogens (tertiary/aromatic N) is 2. The molecule has 6 nitrogen and oxygen atoms in total. The lowest BCUT2D eigenvalue weighted by molar-refractivity contribution is 0.601. The molecular formula is C13H12N4O2S2. The van der Waals surface area contributed by atoms with Gasteiger partial charge in [0.15, 0.2) is 5.13 Å². The van der Waals surface area contributed by atoms with E-state index in [0.717, 1.165) is 18.5 Å². The minimum Gasteiger partial charge on any atom is -0.398 e. The molecule has 0 unspecified atom stereocenters. The molecule has 1 heterocycles. The van der Waals surface area contributed by atoms with Gasteiger partial charge in [-0.1, -0.05) is 0 Å². The van der Waals surface area contributed by atoms with Crippen LogP contribution in [-0.2, 0) is 10.0 Å². The Morgan fingerprint density at radius 3 is 2.81 bits per heavy atom. The first-order valence-corrected chi connectivity index (χ1v) is 8.64. The smallest absolute Gasteiger partial charge is 0.265 e. The number of aromatic nitrogens is 1. The first kappa shape index (κ1) is 13.9. The van der Waals surface area contributed by atoms with Crippen molar-refractivity contribution in [1.82, 2.24) is 4.98 Å². The molecule has 21 heavy (non-hydrogen) atoms. The number of nitrogen functional groups attached to an aromatic ring is 1. The van der Waals surface area contributed by atoms with Gasteiger partial charge in [0.25, 0.3) is 10.0 Å². The second-order valence-electron chi connectivity index (χ2n) is 4.82. The maximum absolute atomic E-state index is 12.3. The Hall–Kier alpha value is -2.11. The molecule has 0 aliphatic heterocycles. The maximum Gasteiger partial charge on any atom is 0.265 e. The number of hydrogen-bond donors (Lipinski definition) is 2. The largest absolute Gasteiger partial charge is 0.398 e. The number of hydrogen-bond acceptors (Lipinski definition) is 6. The minimum atomic E-state index is -3.80. The third-order valence-corrected chi connectivity index (χ3v) is 5.49. The number of thiazole rings is 1. The predicted molar refractivity (Wildman–Crippen MR) is 80.5 cm³/mol. The lowest BCUT2D eigenvalue weighted by Crippen LogP contribution is -2.14. The number of nitrogens with two attached hydrogens (primary N) is 1. The normalized spacial score (nSPS) is 14.6. The topological polar surface area (TPSA) is 109 Å². The van der Waals surface area contributed by atoms with Crippen molar-refractivity contribution in [2.75, 3.05) is 10.5 Å². The van der Waals surface area contributed by atoms with Crippen molar-refractivity contribution in [2.24, 2.45) is 0 Å². The van der Waals surface area contributed by atoms with Crippen molar-refractivity contribution >= 4 is 32.2 Å². The molecule has 3 rings (SSSR count). The van der Waals surface area contributed by atoms with Gasteiger partial charge < -0.3 is 5.73 Å². The van der Waals surface area contributed by atoms with Gasteiger partial charge in [-0.25, -0.2) is 13.4 Å². The first-order valence-electron chi connectivity index (χ1n) is 6.27. The molecule has 2 aromatic rings. The molecule has 0 amide bonds. The van der Waals surface area contributed by atoms with E-state index >= 15 is 0 Å². The summed E-state index contributed by atoms with van der Waals surface area (Å²) in [6.45, 7) is 0. The van der Waals surface area contributed by atoms with Crippen molar-refractivity contribution in [3.8, 4) is 6.07 Å². The van der Waals surface area contributed by atoms with E-state index in [2.05, 4.69) is 9.71 Å². The summed E-state index contributed by atoms with van der Waals surface area (Å²) >= 11 is 1.26. The van der Waals surface area contributed by atoms with E-state index in [1.165, 1.54) is 29.5 Å². The number of benzene rings is 1. The fraction of sp³-hybridized carbons (Fsp3) is 0.231. The summed E-state index contributed by atoms with van der Waals surface area (Å²) < 4.78 is 27.1. The van der Waals surface area contributed by atoms with Gasteiger partial charge in [-0.3, -0.25) is 4.72 Å². The molecule has 0 spiro atoms. The van der Waals surface area contributed by atoms with Crippen molar-refractivity contribution in [3.63, 3.8) is 0 Å². The molecule has 0 saturated heterocycles. The Kier molecular flexibility index (Phi) is 3.31. The van der Waals surface area contributed by atoms with E-state index in [4.69, 9.17) is 11.0 Å². The Morgan fingerprint density at radius 1 is 1.43 bits per heavy atom. The zero-order valence-electron chi connectivity index (χ0n) is 10.9. The van der Waals surface area contributed by atoms with Crippen molar-refractivity contribution in [1.29, 1.82) is 5.26 Å². The third-order valence-electron chi connectivity index (χ3n) is 3.17. The number of anilines is 2. The SMILES string of the molecule is N#Cc1ccc(S(=O)(=O)Nc2nc(C3CC3)cs2)c(N)c1. The zero-order chi connectivity index (χ0) is 15.0. The average molecular weight is 320 g/mol. The molecule has 0 bridgehead atoms. The average Bonchev–Trinajstić information content (AvgIpc) is 3.19. The molecule has 8 heteroatoms. The second-order valence-corrected chi connectivity index (χ2v) is 7.33. The van der Waals surface area contributed by atoms with E-state index in [1.807, 2.05) is 11.4 Å². The number of sulfonamides is 1. The van der Waals surface area contributed by atoms with Gasteiger partial charge in [-0.05, 0) is 31.0 Å². The van der Waals surface area contributed by atoms with Crippen LogP contribution in [-0.4, -0.2) is 13.4 Å². The molecule has 1 aliphatic rings. The molecule has 3 N–H and O–H groups in total. The summed E-state index contributed by atoms with van der Waals surface area (Å²) in [6, 6.07) is 6.00. The highest BCUT2D eigenvalue weighted by atomic mass is 32.2. The minimum absolute atomic E-state index is 0.0422. The van der Waals surface area contributed by atoms with E-state index in [9.17, 15) is 8.42 Å². The summed E-state index contributed by atoms with van der Waals surface area (Å²) in [5.74, 6) is 0.472. The van der Waals surface area contributed by atoms with E-state index in [-0.39, 0.29) is 10.6 Å². The van der Waals surface area contributed by atoms with Crippen LogP contribution >= 0.6 is 11.3 Å². The summed E-state index contributed by atoms with van der Waals surface area (Å²) in [4.78, 5) is 4.23. The number of nitrogens with one attached hydrogen (secondary N) is 1. The van der Waals surface area contributed by atoms with E-state index < -0.39 is 10.0 Å². The van der Waals surface area contributed by atoms with Gasteiger partial charge in [0, 0.05) is 11.3 Å². The Labute approximate surface area is 126 Å². The standard InChI is InChI=1S/C13H12N4O2S2/c14-6-8-1-4-12(10(15)5-8)21(18,19)17-13-16-11(7-20-13)9-2-3-9/h1,4-5,7,9H,2-3,15H2,(H,16,17). The van der Waals surface area contributed by atoms with Crippen LogP contribution in [0.4, 0.5) is 10.8 Å². The van der Waals surface area contributed by atoms with Crippen LogP contribution in [0.15, 0.2) is 28.5 Å². The lowest BCUT2D eigenvalue weighted by atomic mass is 10.2. The van der Waals surface area contributed by atoms with Crippen LogP contribution in [0.3, 0.4) is 0 Å². The van der Waals surface area contributed by atoms with Crippen molar-refractivity contribution in [2.45, 2.75) is 23.7 Å². The van der Waals surface area contributed by atoms with Gasteiger partial charge in [-0.2, -0.15) is 5.26 Å². The number of nitriles is 1. The van der Waals surface area contributed by atoms with E-state index in [1.54, 1.807) is 0 Å². The van der Waals surface area contributed by atoms with Crippen LogP contribution in [0.1, 0.15) is 30.0 Å². The molecule has 1 aromatic heterocycles. The first-order chi connectivity index (χ1) is 9.99. The molecule has 1 fully saturated rings. The highest BCUT2D eigenvalue weighted by Crippen LogP contribution is 2.41. The van der Waals surface area contributed by atoms with Gasteiger partial charge in [0.05, 0.1) is 23.0 Å². The van der Waals surface area contributed by atoms with Crippen molar-refractivity contribution in [3.05, 3.63) is 34.8 Å². The molecular weight excluding hydrogens is 308 g/mol. The summed E-state index contributed by atoms with van der Waals surface area (Å²) in [6.07, 6.45) is 2.22. The molecule has 108 valence electrons. The second kappa shape index (κ2) is 5.02. The quantitative estimate of drug-likeness (QED) is 0.840. The summed E-state index contributed by atoms with van der Waals surface area (Å²) in [5.41, 5.74) is 7.01. The van der Waals surface area contributed by atoms with Crippen LogP contribution in [0, 0.1) is 11.3 Å². The van der Waals surface area contributed by atoms with Gasteiger partial charge in [0.1, 0.15) is 4.90 Å². The highest BCUT2D eigenvalue weighted by molar-refractivity contribution is 7.93. The van der Waals surface area contributed by atoms with Crippen LogP contribution in [0.2, 0.25) is 0 Å². The fourth-order valence-electron chi connectivity index (χ4n) is 1.93. The third kappa shape index (κ3) is 2.84. The van der Waals surface area contributed by atoms with Crippen LogP contribution in [0.25, 0.3) is 0 Å². The Morgan fingerprint density at radius 2 is 2.19 bits per heavy atom. The van der Waals surface area contributed by atoms with Crippen LogP contribution in [0.5, 0.6) is 0 Å². The van der Waals surface area contributed by atoms with Gasteiger partial charge in [0.2, 0.25) is 0 Å². The zero-order valence-corrected chi connectivity index (χ0v) is 12.5. The van der Waals surface area contributed by atoms with Crippen molar-refractivity contribution < 1.29 is 8.42 Å². The molecule has 0 radical (unpaired) electrons. The highest BCUT2D eigenvalue weighted by Gasteiger charge is 2.27. The summed E-state index contributed by atoms with van der Waals surface area (Å²) in [5, 5.41) is 11.0. The Bertz CT molecular complexity index is 832. The number of rotatable bonds is 4. The van der Waals surface area contributed by atoms with Gasteiger partial charge >= 0.3 is 0 Å². The van der Waals surface area contributed by atoms with E-state index in [0.29, 0.717) is 16.6 Å². The monoisotopic (exact) mass is 320 g/mol. The summed E-state index contributed by atoms with van der Waals surface area (Å²) in [7, 11) is -3.80. The van der Waals surface area contributed by atoms with Gasteiger partial charge in [-0.15, -0.1) is 11.3 Å². The predicted octanol–water partition coefficient (Wildman–Crippen LogP) is 2.28. The molecule has 0 atom stereocenters. The Balaban J connectivity index is 1.87. The maximum atomic E-state index is 12.3. The molecule has 1 aromatic carbocycles. The van der Waals surface area contributed by atoms with Crippen LogP contribution < -0.4 is 10.5 Å². The fourth-order valence-corrected chi connectivity index (χ4v) is 4.09. The lowest BCUT2D eigenvalue weighted by Gasteiger charge is -2.08.